The molecule has 1 heterocycles. The van der Waals surface area contributed by atoms with Crippen molar-refractivity contribution in [1.82, 2.24) is 5.01 Å². The predicted octanol–water partition coefficient (Wildman–Crippen LogP) is 1.46. The quantitative estimate of drug-likeness (QED) is 0.680. The lowest BCUT2D eigenvalue weighted by molar-refractivity contribution is 0.254. The largest absolute Gasteiger partial charge is 0.394 e. The molecule has 0 aliphatic carbocycles. The number of benzene rings is 2. The van der Waals surface area contributed by atoms with Gasteiger partial charge in [0, 0.05) is 5.56 Å². The van der Waals surface area contributed by atoms with Crippen LogP contribution in [0.4, 0.5) is 0 Å². The maximum Gasteiger partial charge on any atom is 0.285 e. The minimum absolute atomic E-state index is 0.145. The number of hydrogen-bond donors (Lipinski definition) is 1. The molecular formula is C16H15N3O3S. The lowest BCUT2D eigenvalue weighted by Gasteiger charge is -2.17. The molecule has 3 rings (SSSR count). The van der Waals surface area contributed by atoms with E-state index in [0.717, 1.165) is 5.56 Å². The standard InChI is InChI=1S/C16H15N3O3S/c20-11-10-19(17-12-13-6-2-1-3-7-13)16-14-8-4-5-9-15(14)23(21,22)18-16/h1-9,12,20H,10-11H2/b17-12-. The highest BCUT2D eigenvalue weighted by Crippen LogP contribution is 2.27. The molecule has 2 aromatic carbocycles. The van der Waals surface area contributed by atoms with Crippen molar-refractivity contribution >= 4 is 22.1 Å². The highest BCUT2D eigenvalue weighted by atomic mass is 32.2. The minimum Gasteiger partial charge on any atom is -0.394 e. The van der Waals surface area contributed by atoms with Crippen LogP contribution < -0.4 is 0 Å². The van der Waals surface area contributed by atoms with E-state index < -0.39 is 10.0 Å². The van der Waals surface area contributed by atoms with E-state index in [-0.39, 0.29) is 23.9 Å². The van der Waals surface area contributed by atoms with Gasteiger partial charge in [-0.05, 0) is 17.7 Å². The molecule has 0 amide bonds. The Bertz CT molecular complexity index is 861. The van der Waals surface area contributed by atoms with Crippen molar-refractivity contribution in [3.8, 4) is 0 Å². The number of hydrazone groups is 1. The van der Waals surface area contributed by atoms with E-state index in [4.69, 9.17) is 0 Å². The van der Waals surface area contributed by atoms with Gasteiger partial charge in [-0.15, -0.1) is 4.40 Å². The van der Waals surface area contributed by atoms with Gasteiger partial charge in [0.1, 0.15) is 4.90 Å². The van der Waals surface area contributed by atoms with Crippen molar-refractivity contribution in [2.75, 3.05) is 13.2 Å². The van der Waals surface area contributed by atoms with Gasteiger partial charge in [0.15, 0.2) is 5.84 Å². The van der Waals surface area contributed by atoms with E-state index in [9.17, 15) is 13.5 Å². The monoisotopic (exact) mass is 329 g/mol. The first-order valence-electron chi connectivity index (χ1n) is 7.03. The Kier molecular flexibility index (Phi) is 4.22. The number of sulfonamides is 1. The van der Waals surface area contributed by atoms with Gasteiger partial charge in [-0.3, -0.25) is 0 Å². The molecular weight excluding hydrogens is 314 g/mol. The number of rotatable bonds is 4. The van der Waals surface area contributed by atoms with Crippen LogP contribution in [0.1, 0.15) is 11.1 Å². The number of nitrogens with zero attached hydrogens (tertiary/aromatic N) is 3. The second-order valence-electron chi connectivity index (χ2n) is 4.89. The van der Waals surface area contributed by atoms with Crippen LogP contribution in [0, 0.1) is 0 Å². The molecule has 0 fully saturated rings. The molecule has 7 heteroatoms. The van der Waals surface area contributed by atoms with E-state index >= 15 is 0 Å². The maximum absolute atomic E-state index is 12.1. The topological polar surface area (TPSA) is 82.3 Å². The molecule has 6 nitrogen and oxygen atoms in total. The Morgan fingerprint density at radius 3 is 2.52 bits per heavy atom. The first-order valence-corrected chi connectivity index (χ1v) is 8.47. The molecule has 0 unspecified atom stereocenters. The number of fused-ring (bicyclic) bond motifs is 1. The normalized spacial score (nSPS) is 15.4. The third-order valence-electron chi connectivity index (χ3n) is 3.31. The molecule has 0 atom stereocenters. The minimum atomic E-state index is -3.71. The average molecular weight is 329 g/mol. The summed E-state index contributed by atoms with van der Waals surface area (Å²) in [4.78, 5) is 0.160. The van der Waals surface area contributed by atoms with Crippen LogP contribution >= 0.6 is 0 Å². The van der Waals surface area contributed by atoms with Gasteiger partial charge in [0.25, 0.3) is 10.0 Å². The fourth-order valence-electron chi connectivity index (χ4n) is 2.26. The molecule has 0 radical (unpaired) electrons. The summed E-state index contributed by atoms with van der Waals surface area (Å²) in [5, 5.41) is 14.9. The Morgan fingerprint density at radius 2 is 1.78 bits per heavy atom. The number of amidine groups is 1. The molecule has 118 valence electrons. The summed E-state index contributed by atoms with van der Waals surface area (Å²) in [6, 6.07) is 16.0. The van der Waals surface area contributed by atoms with Gasteiger partial charge in [0.05, 0.1) is 19.4 Å². The maximum atomic E-state index is 12.1. The van der Waals surface area contributed by atoms with Crippen molar-refractivity contribution < 1.29 is 13.5 Å². The fraction of sp³-hybridized carbons (Fsp3) is 0.125. The lowest BCUT2D eigenvalue weighted by atomic mass is 10.2. The Morgan fingerprint density at radius 1 is 1.09 bits per heavy atom. The molecule has 1 N–H and O–H groups in total. The smallest absolute Gasteiger partial charge is 0.285 e. The van der Waals surface area contributed by atoms with Crippen LogP contribution in [0.5, 0.6) is 0 Å². The highest BCUT2D eigenvalue weighted by Gasteiger charge is 2.31. The van der Waals surface area contributed by atoms with E-state index in [2.05, 4.69) is 9.50 Å². The van der Waals surface area contributed by atoms with E-state index in [1.54, 1.807) is 24.4 Å². The lowest BCUT2D eigenvalue weighted by Crippen LogP contribution is -2.28. The van der Waals surface area contributed by atoms with Gasteiger partial charge in [-0.1, -0.05) is 42.5 Å². The molecule has 0 spiro atoms. The molecule has 2 aromatic rings. The Balaban J connectivity index is 1.98. The van der Waals surface area contributed by atoms with Gasteiger partial charge < -0.3 is 5.11 Å². The van der Waals surface area contributed by atoms with Crippen LogP contribution in [0.3, 0.4) is 0 Å². The van der Waals surface area contributed by atoms with E-state index in [0.29, 0.717) is 5.56 Å². The van der Waals surface area contributed by atoms with E-state index in [1.165, 1.54) is 11.1 Å². The van der Waals surface area contributed by atoms with Crippen molar-refractivity contribution in [3.63, 3.8) is 0 Å². The molecule has 0 bridgehead atoms. The third-order valence-corrected chi connectivity index (χ3v) is 4.64. The van der Waals surface area contributed by atoms with Crippen LogP contribution in [0.25, 0.3) is 0 Å². The van der Waals surface area contributed by atoms with E-state index in [1.807, 2.05) is 30.3 Å². The number of aliphatic hydroxyl groups excluding tert-OH is 1. The summed E-state index contributed by atoms with van der Waals surface area (Å²) < 4.78 is 28.0. The molecule has 0 saturated heterocycles. The Hall–Kier alpha value is -2.51. The van der Waals surface area contributed by atoms with Crippen molar-refractivity contribution in [1.29, 1.82) is 0 Å². The molecule has 0 aromatic heterocycles. The molecule has 1 aliphatic heterocycles. The second kappa shape index (κ2) is 6.31. The third kappa shape index (κ3) is 3.15. The zero-order valence-electron chi connectivity index (χ0n) is 12.2. The Labute approximate surface area is 134 Å². The zero-order valence-corrected chi connectivity index (χ0v) is 13.0. The summed E-state index contributed by atoms with van der Waals surface area (Å²) in [6.07, 6.45) is 1.60. The SMILES string of the molecule is O=S1(=O)N=C(N(CCO)/N=C\c2ccccc2)c2ccccc21. The van der Waals surface area contributed by atoms with Crippen LogP contribution in [-0.4, -0.2) is 43.7 Å². The first-order chi connectivity index (χ1) is 11.1. The number of aliphatic hydroxyl groups is 1. The number of hydrogen-bond acceptors (Lipinski definition) is 5. The van der Waals surface area contributed by atoms with Gasteiger partial charge >= 0.3 is 0 Å². The van der Waals surface area contributed by atoms with Crippen LogP contribution in [0.15, 0.2) is 69.0 Å². The average Bonchev–Trinajstić information content (AvgIpc) is 2.84. The zero-order chi connectivity index (χ0) is 16.3. The fourth-order valence-corrected chi connectivity index (χ4v) is 3.47. The van der Waals surface area contributed by atoms with Gasteiger partial charge in [0.2, 0.25) is 0 Å². The van der Waals surface area contributed by atoms with Gasteiger partial charge in [-0.25, -0.2) is 5.01 Å². The summed E-state index contributed by atoms with van der Waals surface area (Å²) in [7, 11) is -3.71. The van der Waals surface area contributed by atoms with Crippen molar-refractivity contribution in [3.05, 3.63) is 65.7 Å². The highest BCUT2D eigenvalue weighted by molar-refractivity contribution is 7.90. The summed E-state index contributed by atoms with van der Waals surface area (Å²) in [5.41, 5.74) is 1.36. The second-order valence-corrected chi connectivity index (χ2v) is 6.46. The summed E-state index contributed by atoms with van der Waals surface area (Å²) in [5.74, 6) is 0.224. The van der Waals surface area contributed by atoms with Crippen LogP contribution in [-0.2, 0) is 10.0 Å². The summed E-state index contributed by atoms with van der Waals surface area (Å²) in [6.45, 7) is -0.0284. The molecule has 1 aliphatic rings. The predicted molar refractivity (Wildman–Crippen MR) is 88.0 cm³/mol. The van der Waals surface area contributed by atoms with Gasteiger partial charge in [-0.2, -0.15) is 13.5 Å². The van der Waals surface area contributed by atoms with Crippen LogP contribution in [0.2, 0.25) is 0 Å². The summed E-state index contributed by atoms with van der Waals surface area (Å²) >= 11 is 0. The molecule has 23 heavy (non-hydrogen) atoms. The van der Waals surface area contributed by atoms with Crippen molar-refractivity contribution in [2.45, 2.75) is 4.90 Å². The molecule has 0 saturated carbocycles. The first kappa shape index (κ1) is 15.4. The van der Waals surface area contributed by atoms with Crippen molar-refractivity contribution in [2.24, 2.45) is 9.50 Å².